The minimum atomic E-state index is -0.788. The predicted molar refractivity (Wildman–Crippen MR) is 95.7 cm³/mol. The first kappa shape index (κ1) is 18.8. The Morgan fingerprint density at radius 1 is 1.08 bits per heavy atom. The number of halogens is 1. The molecule has 0 heterocycles. The largest absolute Gasteiger partial charge is 0.479 e. The highest BCUT2D eigenvalue weighted by Gasteiger charge is 2.17. The summed E-state index contributed by atoms with van der Waals surface area (Å²) in [5.41, 5.74) is 1.06. The van der Waals surface area contributed by atoms with Gasteiger partial charge in [0, 0.05) is 11.6 Å². The molecule has 0 aliphatic carbocycles. The first-order chi connectivity index (χ1) is 12.0. The quantitative estimate of drug-likeness (QED) is 0.734. The van der Waals surface area contributed by atoms with Crippen LogP contribution < -0.4 is 10.1 Å². The summed E-state index contributed by atoms with van der Waals surface area (Å²) >= 11 is 5.82. The van der Waals surface area contributed by atoms with E-state index in [1.165, 1.54) is 0 Å². The number of hydrogen-bond donors (Lipinski definition) is 1. The Morgan fingerprint density at radius 3 is 2.44 bits per heavy atom. The van der Waals surface area contributed by atoms with Crippen molar-refractivity contribution in [3.63, 3.8) is 0 Å². The van der Waals surface area contributed by atoms with Crippen molar-refractivity contribution in [1.29, 1.82) is 0 Å². The minimum Gasteiger partial charge on any atom is -0.479 e. The molecule has 1 N–H and O–H groups in total. The van der Waals surface area contributed by atoms with Gasteiger partial charge in [-0.05, 0) is 43.2 Å². The van der Waals surface area contributed by atoms with Crippen LogP contribution in [0.2, 0.25) is 5.02 Å². The van der Waals surface area contributed by atoms with E-state index in [2.05, 4.69) is 5.32 Å². The molecule has 0 aliphatic heterocycles. The Kier molecular flexibility index (Phi) is 7.29. The van der Waals surface area contributed by atoms with Gasteiger partial charge in [-0.1, -0.05) is 41.9 Å². The van der Waals surface area contributed by atoms with E-state index in [0.717, 1.165) is 5.56 Å². The van der Waals surface area contributed by atoms with E-state index >= 15 is 0 Å². The zero-order valence-electron chi connectivity index (χ0n) is 13.9. The maximum Gasteiger partial charge on any atom is 0.347 e. The van der Waals surface area contributed by atoms with Gasteiger partial charge in [0.1, 0.15) is 5.75 Å². The summed E-state index contributed by atoms with van der Waals surface area (Å²) in [6.07, 6.45) is -0.117. The van der Waals surface area contributed by atoms with Gasteiger partial charge >= 0.3 is 5.97 Å². The average molecular weight is 362 g/mol. The summed E-state index contributed by atoms with van der Waals surface area (Å²) in [5.74, 6) is -0.370. The van der Waals surface area contributed by atoms with Gasteiger partial charge in [-0.3, -0.25) is 4.79 Å². The van der Waals surface area contributed by atoms with Gasteiger partial charge in [-0.25, -0.2) is 4.79 Å². The number of ether oxygens (including phenoxy) is 2. The molecule has 5 nitrogen and oxygen atoms in total. The lowest BCUT2D eigenvalue weighted by Crippen LogP contribution is -2.33. The number of rotatable bonds is 8. The van der Waals surface area contributed by atoms with E-state index < -0.39 is 12.1 Å². The van der Waals surface area contributed by atoms with Crippen molar-refractivity contribution in [3.05, 3.63) is 65.2 Å². The van der Waals surface area contributed by atoms with E-state index in [-0.39, 0.29) is 12.5 Å². The molecule has 0 aromatic heterocycles. The Labute approximate surface area is 151 Å². The number of hydrogen-bond acceptors (Lipinski definition) is 4. The third-order valence-corrected chi connectivity index (χ3v) is 3.63. The first-order valence-corrected chi connectivity index (χ1v) is 8.32. The molecule has 132 valence electrons. The van der Waals surface area contributed by atoms with Crippen molar-refractivity contribution in [1.82, 2.24) is 5.32 Å². The number of para-hydroxylation sites is 1. The molecule has 1 amide bonds. The van der Waals surface area contributed by atoms with Crippen LogP contribution in [-0.4, -0.2) is 31.1 Å². The third-order valence-electron chi connectivity index (χ3n) is 3.38. The van der Waals surface area contributed by atoms with Gasteiger partial charge in [0.2, 0.25) is 0 Å². The lowest BCUT2D eigenvalue weighted by atomic mass is 10.1. The van der Waals surface area contributed by atoms with Crippen molar-refractivity contribution in [2.24, 2.45) is 0 Å². The Hall–Kier alpha value is -2.53. The molecule has 0 fully saturated rings. The van der Waals surface area contributed by atoms with E-state index in [0.29, 0.717) is 23.7 Å². The van der Waals surface area contributed by atoms with Crippen LogP contribution in [0.15, 0.2) is 54.6 Å². The highest BCUT2D eigenvalue weighted by Crippen LogP contribution is 2.11. The number of benzene rings is 2. The van der Waals surface area contributed by atoms with E-state index in [1.807, 2.05) is 30.3 Å². The molecule has 2 aromatic rings. The lowest BCUT2D eigenvalue weighted by Gasteiger charge is -2.13. The second-order valence-corrected chi connectivity index (χ2v) is 5.84. The summed E-state index contributed by atoms with van der Waals surface area (Å²) < 4.78 is 10.4. The van der Waals surface area contributed by atoms with Gasteiger partial charge in [0.15, 0.2) is 12.7 Å². The Bertz CT molecular complexity index is 688. The van der Waals surface area contributed by atoms with Crippen molar-refractivity contribution >= 4 is 23.5 Å². The SMILES string of the molecule is CC(Oc1ccccc1)C(=O)OCC(=O)NCCc1ccc(Cl)cc1. The molecule has 2 rings (SSSR count). The number of carbonyl (C=O) groups excluding carboxylic acids is 2. The monoisotopic (exact) mass is 361 g/mol. The highest BCUT2D eigenvalue weighted by molar-refractivity contribution is 6.30. The first-order valence-electron chi connectivity index (χ1n) is 7.94. The molecule has 6 heteroatoms. The maximum atomic E-state index is 11.8. The smallest absolute Gasteiger partial charge is 0.347 e. The second kappa shape index (κ2) is 9.69. The molecule has 0 saturated heterocycles. The minimum absolute atomic E-state index is 0.331. The van der Waals surface area contributed by atoms with Crippen LogP contribution in [0.5, 0.6) is 5.75 Å². The summed E-state index contributed by atoms with van der Waals surface area (Å²) in [6.45, 7) is 1.70. The maximum absolute atomic E-state index is 11.8. The fourth-order valence-corrected chi connectivity index (χ4v) is 2.18. The third kappa shape index (κ3) is 6.85. The van der Waals surface area contributed by atoms with E-state index in [9.17, 15) is 9.59 Å². The lowest BCUT2D eigenvalue weighted by molar-refractivity contribution is -0.154. The van der Waals surface area contributed by atoms with Gasteiger partial charge in [-0.15, -0.1) is 0 Å². The van der Waals surface area contributed by atoms with Gasteiger partial charge in [0.05, 0.1) is 0 Å². The fourth-order valence-electron chi connectivity index (χ4n) is 2.05. The summed E-state index contributed by atoms with van der Waals surface area (Å²) in [6, 6.07) is 16.4. The average Bonchev–Trinajstić information content (AvgIpc) is 2.62. The fraction of sp³-hybridized carbons (Fsp3) is 0.263. The number of amides is 1. The van der Waals surface area contributed by atoms with Crippen LogP contribution in [0.1, 0.15) is 12.5 Å². The molecule has 0 aliphatic rings. The van der Waals surface area contributed by atoms with Crippen LogP contribution in [0, 0.1) is 0 Å². The van der Waals surface area contributed by atoms with Crippen LogP contribution in [-0.2, 0) is 20.7 Å². The van der Waals surface area contributed by atoms with Crippen molar-refractivity contribution in [2.45, 2.75) is 19.4 Å². The molecule has 0 radical (unpaired) electrons. The van der Waals surface area contributed by atoms with E-state index in [1.54, 1.807) is 31.2 Å². The summed E-state index contributed by atoms with van der Waals surface area (Å²) in [7, 11) is 0. The topological polar surface area (TPSA) is 64.6 Å². The summed E-state index contributed by atoms with van der Waals surface area (Å²) in [5, 5.41) is 3.37. The molecule has 1 atom stereocenters. The van der Waals surface area contributed by atoms with Crippen LogP contribution in [0.3, 0.4) is 0 Å². The van der Waals surface area contributed by atoms with Crippen LogP contribution in [0.4, 0.5) is 0 Å². The second-order valence-electron chi connectivity index (χ2n) is 5.41. The normalized spacial score (nSPS) is 11.4. The number of carbonyl (C=O) groups is 2. The summed E-state index contributed by atoms with van der Waals surface area (Å²) in [4.78, 5) is 23.6. The number of nitrogens with one attached hydrogen (secondary N) is 1. The number of esters is 1. The molecular formula is C19H20ClNO4. The van der Waals surface area contributed by atoms with Gasteiger partial charge in [-0.2, -0.15) is 0 Å². The van der Waals surface area contributed by atoms with Crippen molar-refractivity contribution in [3.8, 4) is 5.75 Å². The molecule has 0 spiro atoms. The Morgan fingerprint density at radius 2 is 1.76 bits per heavy atom. The van der Waals surface area contributed by atoms with Gasteiger partial charge < -0.3 is 14.8 Å². The molecule has 25 heavy (non-hydrogen) atoms. The standard InChI is InChI=1S/C19H20ClNO4/c1-14(25-17-5-3-2-4-6-17)19(23)24-13-18(22)21-12-11-15-7-9-16(20)10-8-15/h2-10,14H,11-13H2,1H3,(H,21,22). The molecule has 0 saturated carbocycles. The van der Waals surface area contributed by atoms with Crippen LogP contribution in [0.25, 0.3) is 0 Å². The molecule has 0 bridgehead atoms. The predicted octanol–water partition coefficient (Wildman–Crippen LogP) is 3.01. The van der Waals surface area contributed by atoms with Crippen molar-refractivity contribution < 1.29 is 19.1 Å². The zero-order chi connectivity index (χ0) is 18.1. The molecule has 2 aromatic carbocycles. The van der Waals surface area contributed by atoms with Crippen LogP contribution >= 0.6 is 11.6 Å². The van der Waals surface area contributed by atoms with Gasteiger partial charge in [0.25, 0.3) is 5.91 Å². The Balaban J connectivity index is 1.65. The zero-order valence-corrected chi connectivity index (χ0v) is 14.7. The van der Waals surface area contributed by atoms with Crippen molar-refractivity contribution in [2.75, 3.05) is 13.2 Å². The molecule has 1 unspecified atom stereocenters. The highest BCUT2D eigenvalue weighted by atomic mass is 35.5. The molecular weight excluding hydrogens is 342 g/mol. The van der Waals surface area contributed by atoms with E-state index in [4.69, 9.17) is 21.1 Å².